The van der Waals surface area contributed by atoms with Crippen LogP contribution in [-0.4, -0.2) is 16.1 Å². The van der Waals surface area contributed by atoms with Crippen molar-refractivity contribution < 1.29 is 13.2 Å². The third kappa shape index (κ3) is 3.34. The van der Waals surface area contributed by atoms with E-state index >= 15 is 0 Å². The van der Waals surface area contributed by atoms with Gasteiger partial charge >= 0.3 is 6.18 Å². The maximum Gasteiger partial charge on any atom is 0.389 e. The molecule has 18 heavy (non-hydrogen) atoms. The molecule has 0 aliphatic heterocycles. The minimum atomic E-state index is -4.18. The number of rotatable bonds is 2. The molecule has 1 aliphatic carbocycles. The first-order valence-corrected chi connectivity index (χ1v) is 6.16. The second kappa shape index (κ2) is 5.12. The Morgan fingerprint density at radius 1 is 1.06 bits per heavy atom. The van der Waals surface area contributed by atoms with Crippen molar-refractivity contribution in [3.63, 3.8) is 0 Å². The van der Waals surface area contributed by atoms with Crippen LogP contribution in [0.3, 0.4) is 0 Å². The summed E-state index contributed by atoms with van der Waals surface area (Å²) in [5.41, 5.74) is 7.60. The Morgan fingerprint density at radius 3 is 2.50 bits per heavy atom. The molecular formula is C12H16F3N3. The average Bonchev–Trinajstić information content (AvgIpc) is 2.51. The molecule has 0 bridgehead atoms. The van der Waals surface area contributed by atoms with Crippen molar-refractivity contribution in [1.29, 1.82) is 0 Å². The van der Waals surface area contributed by atoms with Crippen molar-refractivity contribution >= 4 is 5.82 Å². The molecule has 100 valence electrons. The zero-order valence-corrected chi connectivity index (χ0v) is 10.1. The number of fused-ring (bicyclic) bond motifs is 1. The Hall–Kier alpha value is -1.33. The van der Waals surface area contributed by atoms with Crippen molar-refractivity contribution in [1.82, 2.24) is 9.97 Å². The monoisotopic (exact) mass is 259 g/mol. The highest BCUT2D eigenvalue weighted by Crippen LogP contribution is 2.25. The normalized spacial score (nSPS) is 16.2. The van der Waals surface area contributed by atoms with E-state index < -0.39 is 12.6 Å². The molecule has 0 radical (unpaired) electrons. The van der Waals surface area contributed by atoms with E-state index in [-0.39, 0.29) is 12.2 Å². The van der Waals surface area contributed by atoms with Crippen LogP contribution in [0.5, 0.6) is 0 Å². The van der Waals surface area contributed by atoms with Crippen molar-refractivity contribution in [2.24, 2.45) is 0 Å². The molecule has 0 aromatic carbocycles. The zero-order chi connectivity index (χ0) is 13.2. The molecule has 2 rings (SSSR count). The highest BCUT2D eigenvalue weighted by Gasteiger charge is 2.27. The van der Waals surface area contributed by atoms with Gasteiger partial charge in [-0.2, -0.15) is 13.2 Å². The maximum absolute atomic E-state index is 12.2. The fraction of sp³-hybridized carbons (Fsp3) is 0.667. The highest BCUT2D eigenvalue weighted by atomic mass is 19.4. The fourth-order valence-corrected chi connectivity index (χ4v) is 2.22. The molecule has 1 aromatic rings. The number of aromatic nitrogens is 2. The highest BCUT2D eigenvalue weighted by molar-refractivity contribution is 5.43. The van der Waals surface area contributed by atoms with Crippen LogP contribution >= 0.6 is 0 Å². The molecule has 1 heterocycles. The summed E-state index contributed by atoms with van der Waals surface area (Å²) in [5, 5.41) is 0. The predicted octanol–water partition coefficient (Wildman–Crippen LogP) is 2.82. The second-order valence-corrected chi connectivity index (χ2v) is 4.63. The fourth-order valence-electron chi connectivity index (χ4n) is 2.22. The smallest absolute Gasteiger partial charge is 0.383 e. The van der Waals surface area contributed by atoms with Gasteiger partial charge in [-0.05, 0) is 25.7 Å². The first-order chi connectivity index (χ1) is 8.46. The van der Waals surface area contributed by atoms with E-state index in [0.29, 0.717) is 5.82 Å². The number of hydrogen-bond donors (Lipinski definition) is 1. The van der Waals surface area contributed by atoms with E-state index in [1.54, 1.807) is 0 Å². The van der Waals surface area contributed by atoms with Crippen molar-refractivity contribution in [3.05, 3.63) is 17.1 Å². The molecule has 1 aliphatic rings. The van der Waals surface area contributed by atoms with Gasteiger partial charge in [0.15, 0.2) is 0 Å². The number of anilines is 1. The van der Waals surface area contributed by atoms with Gasteiger partial charge in [0.2, 0.25) is 0 Å². The van der Waals surface area contributed by atoms with Gasteiger partial charge in [-0.1, -0.05) is 6.42 Å². The van der Waals surface area contributed by atoms with Gasteiger partial charge in [0.25, 0.3) is 0 Å². The van der Waals surface area contributed by atoms with Crippen LogP contribution in [0.2, 0.25) is 0 Å². The summed E-state index contributed by atoms with van der Waals surface area (Å²) in [6.07, 6.45) is -0.475. The topological polar surface area (TPSA) is 51.8 Å². The molecule has 0 amide bonds. The summed E-state index contributed by atoms with van der Waals surface area (Å²) in [7, 11) is 0. The van der Waals surface area contributed by atoms with Gasteiger partial charge in [-0.3, -0.25) is 0 Å². The number of hydrogen-bond acceptors (Lipinski definition) is 3. The first-order valence-electron chi connectivity index (χ1n) is 6.16. The lowest BCUT2D eigenvalue weighted by atomic mass is 10.1. The number of nitrogens with zero attached hydrogens (tertiary/aromatic N) is 2. The van der Waals surface area contributed by atoms with Gasteiger partial charge < -0.3 is 5.73 Å². The van der Waals surface area contributed by atoms with E-state index in [2.05, 4.69) is 9.97 Å². The molecule has 0 unspecified atom stereocenters. The summed E-state index contributed by atoms with van der Waals surface area (Å²) in [4.78, 5) is 8.24. The zero-order valence-electron chi connectivity index (χ0n) is 10.1. The molecular weight excluding hydrogens is 243 g/mol. The number of nitrogen functional groups attached to an aromatic ring is 1. The summed E-state index contributed by atoms with van der Waals surface area (Å²) in [6.45, 7) is 0. The summed E-state index contributed by atoms with van der Waals surface area (Å²) < 4.78 is 36.5. The third-order valence-electron chi connectivity index (χ3n) is 3.14. The maximum atomic E-state index is 12.2. The Morgan fingerprint density at radius 2 is 1.78 bits per heavy atom. The average molecular weight is 259 g/mol. The lowest BCUT2D eigenvalue weighted by Gasteiger charge is -2.11. The van der Waals surface area contributed by atoms with Crippen molar-refractivity contribution in [2.45, 2.75) is 51.1 Å². The summed E-state index contributed by atoms with van der Waals surface area (Å²) in [6, 6.07) is 0. The lowest BCUT2D eigenvalue weighted by molar-refractivity contribution is -0.134. The van der Waals surface area contributed by atoms with Crippen LogP contribution in [0.1, 0.15) is 42.8 Å². The third-order valence-corrected chi connectivity index (χ3v) is 3.14. The Bertz CT molecular complexity index is 429. The van der Waals surface area contributed by atoms with Crippen LogP contribution in [0, 0.1) is 0 Å². The Balaban J connectivity index is 2.18. The van der Waals surface area contributed by atoms with Crippen LogP contribution in [0.15, 0.2) is 0 Å². The van der Waals surface area contributed by atoms with E-state index in [1.165, 1.54) is 0 Å². The predicted molar refractivity (Wildman–Crippen MR) is 62.1 cm³/mol. The molecule has 3 nitrogen and oxygen atoms in total. The first kappa shape index (κ1) is 13.1. The van der Waals surface area contributed by atoms with Gasteiger partial charge in [0.1, 0.15) is 11.6 Å². The number of halogens is 3. The Labute approximate surface area is 104 Å². The number of aryl methyl sites for hydroxylation is 2. The van der Waals surface area contributed by atoms with E-state index in [4.69, 9.17) is 5.73 Å². The Kier molecular flexibility index (Phi) is 3.73. The lowest BCUT2D eigenvalue weighted by Crippen LogP contribution is -2.13. The van der Waals surface area contributed by atoms with Crippen LogP contribution in [0.4, 0.5) is 19.0 Å². The van der Waals surface area contributed by atoms with Crippen molar-refractivity contribution in [3.8, 4) is 0 Å². The molecule has 0 atom stereocenters. The second-order valence-electron chi connectivity index (χ2n) is 4.63. The summed E-state index contributed by atoms with van der Waals surface area (Å²) >= 11 is 0. The van der Waals surface area contributed by atoms with E-state index in [0.717, 1.165) is 43.4 Å². The number of nitrogens with two attached hydrogens (primary N) is 1. The van der Waals surface area contributed by atoms with Gasteiger partial charge in [-0.25, -0.2) is 9.97 Å². The van der Waals surface area contributed by atoms with Crippen molar-refractivity contribution in [2.75, 3.05) is 5.73 Å². The van der Waals surface area contributed by atoms with E-state index in [1.807, 2.05) is 0 Å². The standard InChI is InChI=1S/C12H16F3N3/c13-12(14,15)7-6-10-17-9-5-3-1-2-4-8(9)11(16)18-10/h1-7H2,(H2,16,17,18). The van der Waals surface area contributed by atoms with E-state index in [9.17, 15) is 13.2 Å². The summed E-state index contributed by atoms with van der Waals surface area (Å²) in [5.74, 6) is 0.574. The van der Waals surface area contributed by atoms with Gasteiger partial charge in [0.05, 0.1) is 6.42 Å². The number of alkyl halides is 3. The molecule has 0 saturated carbocycles. The van der Waals surface area contributed by atoms with Gasteiger partial charge in [0, 0.05) is 17.7 Å². The van der Waals surface area contributed by atoms with Crippen LogP contribution in [0.25, 0.3) is 0 Å². The quantitative estimate of drug-likeness (QED) is 0.831. The molecule has 6 heteroatoms. The van der Waals surface area contributed by atoms with Gasteiger partial charge in [-0.15, -0.1) is 0 Å². The molecule has 0 fully saturated rings. The molecule has 0 saturated heterocycles. The minimum Gasteiger partial charge on any atom is -0.383 e. The van der Waals surface area contributed by atoms with Crippen LogP contribution < -0.4 is 5.73 Å². The largest absolute Gasteiger partial charge is 0.389 e. The molecule has 0 spiro atoms. The van der Waals surface area contributed by atoms with Crippen LogP contribution in [-0.2, 0) is 19.3 Å². The molecule has 2 N–H and O–H groups in total. The SMILES string of the molecule is Nc1nc(CCC(F)(F)F)nc2c1CCCCC2. The minimum absolute atomic E-state index is 0.193. The molecule has 1 aromatic heterocycles.